The molecule has 4 nitrogen and oxygen atoms in total. The first kappa shape index (κ1) is 15.8. The van der Waals surface area contributed by atoms with Crippen molar-refractivity contribution in [1.82, 2.24) is 9.97 Å². The Bertz CT molecular complexity index is 872. The number of fused-ring (bicyclic) bond motifs is 3. The minimum atomic E-state index is -0.171. The molecule has 4 rings (SSSR count). The fourth-order valence-electron chi connectivity index (χ4n) is 2.14. The van der Waals surface area contributed by atoms with Gasteiger partial charge in [0.15, 0.2) is 0 Å². The number of nitrogens with zero attached hydrogens (tertiary/aromatic N) is 2. The molecule has 0 aliphatic carbocycles. The van der Waals surface area contributed by atoms with Crippen molar-refractivity contribution in [3.8, 4) is 9.51 Å². The Labute approximate surface area is 148 Å². The van der Waals surface area contributed by atoms with Gasteiger partial charge in [0.05, 0.1) is 0 Å². The number of methoxy groups -OCH3 is 2. The average Bonchev–Trinajstić information content (AvgIpc) is 3.25. The SMILES string of the molecule is COc1cccc2c1ccc1[te]cnc12.COc1cnc[te]1. The third kappa shape index (κ3) is 3.31. The Morgan fingerprint density at radius 3 is 2.50 bits per heavy atom. The van der Waals surface area contributed by atoms with Gasteiger partial charge in [0.1, 0.15) is 0 Å². The first-order valence-electron chi connectivity index (χ1n) is 6.55. The second-order valence-electron chi connectivity index (χ2n) is 4.34. The van der Waals surface area contributed by atoms with Gasteiger partial charge >= 0.3 is 149 Å². The van der Waals surface area contributed by atoms with Crippen LogP contribution in [0.4, 0.5) is 0 Å². The van der Waals surface area contributed by atoms with E-state index in [9.17, 15) is 0 Å². The topological polar surface area (TPSA) is 44.2 Å². The number of benzene rings is 2. The molecule has 4 aromatic rings. The molecule has 0 saturated carbocycles. The summed E-state index contributed by atoms with van der Waals surface area (Å²) in [5.74, 6) is 0.929. The molecule has 0 saturated heterocycles. The summed E-state index contributed by atoms with van der Waals surface area (Å²) >= 11 is -0.299. The summed E-state index contributed by atoms with van der Waals surface area (Å²) in [6.45, 7) is 0. The molecule has 22 heavy (non-hydrogen) atoms. The van der Waals surface area contributed by atoms with Crippen molar-refractivity contribution in [3.05, 3.63) is 45.0 Å². The zero-order valence-corrected chi connectivity index (χ0v) is 16.8. The van der Waals surface area contributed by atoms with Gasteiger partial charge < -0.3 is 0 Å². The molecule has 112 valence electrons. The van der Waals surface area contributed by atoms with Gasteiger partial charge in [-0.3, -0.25) is 0 Å². The van der Waals surface area contributed by atoms with Gasteiger partial charge in [-0.2, -0.15) is 0 Å². The number of hydrogen-bond acceptors (Lipinski definition) is 4. The van der Waals surface area contributed by atoms with E-state index in [1.807, 2.05) is 16.3 Å². The van der Waals surface area contributed by atoms with Crippen molar-refractivity contribution in [2.45, 2.75) is 0 Å². The summed E-state index contributed by atoms with van der Waals surface area (Å²) in [4.78, 5) is 8.36. The third-order valence-corrected chi connectivity index (χ3v) is 7.50. The van der Waals surface area contributed by atoms with E-state index >= 15 is 0 Å². The molecule has 0 atom stereocenters. The molecule has 0 radical (unpaired) electrons. The van der Waals surface area contributed by atoms with Crippen LogP contribution in [0.1, 0.15) is 0 Å². The summed E-state index contributed by atoms with van der Waals surface area (Å²) in [6, 6.07) is 10.5. The van der Waals surface area contributed by atoms with Crippen LogP contribution in [0.25, 0.3) is 19.7 Å². The molecular formula is C16H14N2O2Te2. The van der Waals surface area contributed by atoms with Crippen LogP contribution in [-0.4, -0.2) is 65.0 Å². The van der Waals surface area contributed by atoms with Crippen LogP contribution < -0.4 is 9.47 Å². The zero-order chi connectivity index (χ0) is 15.4. The Morgan fingerprint density at radius 1 is 0.909 bits per heavy atom. The predicted octanol–water partition coefficient (Wildman–Crippen LogP) is 2.60. The van der Waals surface area contributed by atoms with Gasteiger partial charge in [-0.15, -0.1) is 0 Å². The van der Waals surface area contributed by atoms with E-state index in [0.29, 0.717) is 0 Å². The standard InChI is InChI=1S/C12H9NOTe.C4H5NOTe/c1-14-10-4-2-3-9-8(10)5-6-11-12(9)13-7-15-11;1-6-4-2-5-3-7-4/h2-7H,1H3;2-3H,1H3. The maximum absolute atomic E-state index is 5.35. The number of hydrogen-bond donors (Lipinski definition) is 0. The number of ether oxygens (including phenoxy) is 2. The van der Waals surface area contributed by atoms with Crippen LogP contribution in [0.2, 0.25) is 0 Å². The van der Waals surface area contributed by atoms with Gasteiger partial charge in [-0.05, 0) is 0 Å². The van der Waals surface area contributed by atoms with Crippen molar-refractivity contribution < 1.29 is 9.47 Å². The Hall–Kier alpha value is -1.04. The zero-order valence-electron chi connectivity index (χ0n) is 12.1. The molecule has 0 aliphatic heterocycles. The second-order valence-corrected chi connectivity index (χ2v) is 9.30. The molecule has 0 amide bonds. The van der Waals surface area contributed by atoms with Crippen LogP contribution >= 0.6 is 0 Å². The Balaban J connectivity index is 0.000000174. The first-order valence-corrected chi connectivity index (χ1v) is 11.6. The molecule has 2 heterocycles. The van der Waals surface area contributed by atoms with E-state index in [-0.39, 0.29) is 40.9 Å². The number of aromatic nitrogens is 2. The molecule has 0 fully saturated rings. The normalized spacial score (nSPS) is 10.3. The van der Waals surface area contributed by atoms with Crippen LogP contribution in [0.3, 0.4) is 0 Å². The van der Waals surface area contributed by atoms with E-state index in [0.717, 1.165) is 20.4 Å². The quantitative estimate of drug-likeness (QED) is 0.381. The second kappa shape index (κ2) is 7.49. The fraction of sp³-hybridized carbons (Fsp3) is 0.125. The molecule has 2 aromatic heterocycles. The summed E-state index contributed by atoms with van der Waals surface area (Å²) in [7, 11) is 3.39. The molecule has 0 bridgehead atoms. The average molecular weight is 522 g/mol. The predicted molar refractivity (Wildman–Crippen MR) is 90.5 cm³/mol. The fourth-order valence-corrected chi connectivity index (χ4v) is 5.38. The summed E-state index contributed by atoms with van der Waals surface area (Å²) in [5.41, 5.74) is 1.16. The van der Waals surface area contributed by atoms with Gasteiger partial charge in [-0.25, -0.2) is 0 Å². The van der Waals surface area contributed by atoms with Gasteiger partial charge in [0.25, 0.3) is 0 Å². The van der Waals surface area contributed by atoms with E-state index in [1.165, 1.54) is 8.79 Å². The van der Waals surface area contributed by atoms with E-state index in [2.05, 4.69) is 32.4 Å². The Kier molecular flexibility index (Phi) is 5.39. The maximum atomic E-state index is 5.35. The molecule has 6 heteroatoms. The van der Waals surface area contributed by atoms with Gasteiger partial charge in [0.2, 0.25) is 0 Å². The molecule has 0 N–H and O–H groups in total. The van der Waals surface area contributed by atoms with Crippen LogP contribution in [0.5, 0.6) is 9.51 Å². The van der Waals surface area contributed by atoms with Crippen molar-refractivity contribution in [3.63, 3.8) is 0 Å². The van der Waals surface area contributed by atoms with Crippen molar-refractivity contribution >= 4 is 60.6 Å². The van der Waals surface area contributed by atoms with Gasteiger partial charge in [-0.1, -0.05) is 0 Å². The Morgan fingerprint density at radius 2 is 1.82 bits per heavy atom. The molecule has 2 aromatic carbocycles. The molecular weight excluding hydrogens is 507 g/mol. The molecule has 0 spiro atoms. The summed E-state index contributed by atoms with van der Waals surface area (Å²) in [6.07, 6.45) is 1.78. The minimum absolute atomic E-state index is 0.128. The van der Waals surface area contributed by atoms with Crippen molar-refractivity contribution in [2.24, 2.45) is 0 Å². The first-order chi connectivity index (χ1) is 10.8. The summed E-state index contributed by atoms with van der Waals surface area (Å²) in [5, 5.41) is 2.37. The molecule has 0 aliphatic rings. The van der Waals surface area contributed by atoms with Crippen molar-refractivity contribution in [1.29, 1.82) is 0 Å². The van der Waals surface area contributed by atoms with E-state index < -0.39 is 0 Å². The third-order valence-electron chi connectivity index (χ3n) is 3.15. The van der Waals surface area contributed by atoms with E-state index in [1.54, 1.807) is 20.4 Å². The van der Waals surface area contributed by atoms with Crippen LogP contribution in [-0.2, 0) is 0 Å². The monoisotopic (exact) mass is 526 g/mol. The summed E-state index contributed by atoms with van der Waals surface area (Å²) < 4.78 is 16.8. The van der Waals surface area contributed by atoms with Crippen molar-refractivity contribution in [2.75, 3.05) is 14.2 Å². The van der Waals surface area contributed by atoms with E-state index in [4.69, 9.17) is 9.47 Å². The van der Waals surface area contributed by atoms with Crippen LogP contribution in [0.15, 0.2) is 45.0 Å². The van der Waals surface area contributed by atoms with Crippen LogP contribution in [0, 0.1) is 0 Å². The van der Waals surface area contributed by atoms with Gasteiger partial charge in [0, 0.05) is 0 Å². The number of rotatable bonds is 2. The molecule has 0 unspecified atom stereocenters.